The first-order valence-corrected chi connectivity index (χ1v) is 5.74. The summed E-state index contributed by atoms with van der Waals surface area (Å²) in [6.45, 7) is 9.69. The third-order valence-electron chi connectivity index (χ3n) is 1.67. The predicted octanol–water partition coefficient (Wildman–Crippen LogP) is 2.74. The molecule has 0 unspecified atom stereocenters. The minimum Gasteiger partial charge on any atom is -0.502 e. The smallest absolute Gasteiger partial charge is 0.0873 e. The molecular formula is C12H26O3. The third-order valence-corrected chi connectivity index (χ3v) is 1.67. The fourth-order valence-electron chi connectivity index (χ4n) is 0.904. The Kier molecular flexibility index (Phi) is 21.5. The van der Waals surface area contributed by atoms with Crippen LogP contribution in [-0.2, 0) is 9.47 Å². The quantitative estimate of drug-likeness (QED) is 0.478. The average molecular weight is 218 g/mol. The Balaban J connectivity index is 0. The molecule has 1 N–H and O–H groups in total. The highest BCUT2D eigenvalue weighted by atomic mass is 16.5. The van der Waals surface area contributed by atoms with Crippen molar-refractivity contribution in [2.75, 3.05) is 26.4 Å². The van der Waals surface area contributed by atoms with Gasteiger partial charge in [0.25, 0.3) is 0 Å². The van der Waals surface area contributed by atoms with Gasteiger partial charge in [0, 0.05) is 6.61 Å². The molecule has 0 aliphatic rings. The van der Waals surface area contributed by atoms with Gasteiger partial charge < -0.3 is 14.6 Å². The zero-order chi connectivity index (χ0) is 11.8. The highest BCUT2D eigenvalue weighted by molar-refractivity contribution is 4.48. The van der Waals surface area contributed by atoms with Gasteiger partial charge in [-0.15, -0.1) is 0 Å². The van der Waals surface area contributed by atoms with Crippen LogP contribution >= 0.6 is 0 Å². The summed E-state index contributed by atoms with van der Waals surface area (Å²) in [6.07, 6.45) is 6.56. The first-order chi connectivity index (χ1) is 7.33. The van der Waals surface area contributed by atoms with Crippen LogP contribution in [0.2, 0.25) is 0 Å². The van der Waals surface area contributed by atoms with Crippen LogP contribution in [0.4, 0.5) is 0 Å². The van der Waals surface area contributed by atoms with Crippen LogP contribution in [-0.4, -0.2) is 31.5 Å². The van der Waals surface area contributed by atoms with Crippen molar-refractivity contribution in [1.29, 1.82) is 0 Å². The van der Waals surface area contributed by atoms with Gasteiger partial charge in [-0.25, -0.2) is 0 Å². The van der Waals surface area contributed by atoms with Crippen molar-refractivity contribution in [3.8, 4) is 0 Å². The first kappa shape index (κ1) is 16.9. The van der Waals surface area contributed by atoms with Crippen LogP contribution < -0.4 is 0 Å². The van der Waals surface area contributed by atoms with Gasteiger partial charge in [0.15, 0.2) is 0 Å². The van der Waals surface area contributed by atoms with Crippen molar-refractivity contribution in [2.24, 2.45) is 0 Å². The Bertz CT molecular complexity index is 101. The van der Waals surface area contributed by atoms with Crippen LogP contribution in [0.15, 0.2) is 12.8 Å². The van der Waals surface area contributed by atoms with E-state index in [1.165, 1.54) is 31.9 Å². The Morgan fingerprint density at radius 1 is 1.13 bits per heavy atom. The summed E-state index contributed by atoms with van der Waals surface area (Å²) < 4.78 is 9.68. The Hall–Kier alpha value is -0.540. The van der Waals surface area contributed by atoms with Crippen LogP contribution in [0.3, 0.4) is 0 Å². The number of rotatable bonds is 9. The fourth-order valence-corrected chi connectivity index (χ4v) is 0.904. The molecule has 0 heterocycles. The number of unbranched alkanes of at least 4 members (excludes halogenated alkanes) is 3. The lowest BCUT2D eigenvalue weighted by atomic mass is 10.2. The Morgan fingerprint density at radius 2 is 1.87 bits per heavy atom. The molecule has 92 valence electrons. The van der Waals surface area contributed by atoms with Gasteiger partial charge >= 0.3 is 0 Å². The third kappa shape index (κ3) is 24.7. The minimum atomic E-state index is 0.133. The van der Waals surface area contributed by atoms with E-state index < -0.39 is 0 Å². The van der Waals surface area contributed by atoms with Crippen molar-refractivity contribution in [3.63, 3.8) is 0 Å². The van der Waals surface area contributed by atoms with E-state index in [1.807, 2.05) is 6.92 Å². The van der Waals surface area contributed by atoms with Crippen molar-refractivity contribution in [3.05, 3.63) is 12.8 Å². The maximum Gasteiger partial charge on any atom is 0.0873 e. The van der Waals surface area contributed by atoms with E-state index in [2.05, 4.69) is 13.5 Å². The standard InChI is InChI=1S/C8H16O.C4H10O2/c1-3-5-6-7-8-9-4-2;1-2-6-4-3-5/h4H,2-3,5-8H2,1H3;5H,2-4H2,1H3. The topological polar surface area (TPSA) is 38.7 Å². The summed E-state index contributed by atoms with van der Waals surface area (Å²) >= 11 is 0. The lowest BCUT2D eigenvalue weighted by molar-refractivity contribution is 0.102. The molecule has 0 aliphatic carbocycles. The lowest BCUT2D eigenvalue weighted by Gasteiger charge is -1.97. The van der Waals surface area contributed by atoms with Crippen LogP contribution in [0.1, 0.15) is 39.5 Å². The van der Waals surface area contributed by atoms with Gasteiger partial charge in [0.2, 0.25) is 0 Å². The second-order valence-electron chi connectivity index (χ2n) is 3.02. The summed E-state index contributed by atoms with van der Waals surface area (Å²) in [7, 11) is 0. The number of aliphatic hydroxyl groups is 1. The second-order valence-corrected chi connectivity index (χ2v) is 3.02. The molecule has 3 nitrogen and oxygen atoms in total. The summed E-state index contributed by atoms with van der Waals surface area (Å²) in [5, 5.41) is 8.07. The van der Waals surface area contributed by atoms with Crippen LogP contribution in [0.5, 0.6) is 0 Å². The van der Waals surface area contributed by atoms with E-state index >= 15 is 0 Å². The van der Waals surface area contributed by atoms with Crippen molar-refractivity contribution in [2.45, 2.75) is 39.5 Å². The van der Waals surface area contributed by atoms with Crippen molar-refractivity contribution in [1.82, 2.24) is 0 Å². The normalized spacial score (nSPS) is 9.00. The van der Waals surface area contributed by atoms with Gasteiger partial charge in [0.1, 0.15) is 0 Å². The molecule has 0 amide bonds. The molecule has 0 rings (SSSR count). The predicted molar refractivity (Wildman–Crippen MR) is 63.9 cm³/mol. The SMILES string of the molecule is C=COCCCCCC.CCOCCO. The van der Waals surface area contributed by atoms with Gasteiger partial charge in [-0.3, -0.25) is 0 Å². The Morgan fingerprint density at radius 3 is 2.27 bits per heavy atom. The molecule has 15 heavy (non-hydrogen) atoms. The Labute approximate surface area is 94.1 Å². The van der Waals surface area contributed by atoms with E-state index in [-0.39, 0.29) is 6.61 Å². The number of aliphatic hydroxyl groups excluding tert-OH is 1. The van der Waals surface area contributed by atoms with Crippen LogP contribution in [0.25, 0.3) is 0 Å². The molecule has 0 aromatic heterocycles. The molecule has 0 fully saturated rings. The highest BCUT2D eigenvalue weighted by Gasteiger charge is 1.84. The molecule has 0 aromatic rings. The molecule has 0 aliphatic heterocycles. The molecule has 0 saturated carbocycles. The number of hydrogen-bond acceptors (Lipinski definition) is 3. The van der Waals surface area contributed by atoms with E-state index in [9.17, 15) is 0 Å². The number of ether oxygens (including phenoxy) is 2. The van der Waals surface area contributed by atoms with Crippen LogP contribution in [0, 0.1) is 0 Å². The minimum absolute atomic E-state index is 0.133. The molecule has 0 radical (unpaired) electrons. The molecule has 3 heteroatoms. The summed E-state index contributed by atoms with van der Waals surface area (Å²) in [5.41, 5.74) is 0. The fraction of sp³-hybridized carbons (Fsp3) is 0.833. The van der Waals surface area contributed by atoms with Crippen molar-refractivity contribution < 1.29 is 14.6 Å². The molecular weight excluding hydrogens is 192 g/mol. The van der Waals surface area contributed by atoms with Gasteiger partial charge in [-0.05, 0) is 13.3 Å². The first-order valence-electron chi connectivity index (χ1n) is 5.74. The second kappa shape index (κ2) is 19.1. The molecule has 0 spiro atoms. The molecule has 0 atom stereocenters. The van der Waals surface area contributed by atoms with Gasteiger partial charge in [-0.2, -0.15) is 0 Å². The largest absolute Gasteiger partial charge is 0.502 e. The molecule has 0 aromatic carbocycles. The summed E-state index contributed by atoms with van der Waals surface area (Å²) in [4.78, 5) is 0. The zero-order valence-electron chi connectivity index (χ0n) is 10.2. The average Bonchev–Trinajstić information content (AvgIpc) is 2.27. The van der Waals surface area contributed by atoms with Gasteiger partial charge in [-0.1, -0.05) is 32.8 Å². The zero-order valence-corrected chi connectivity index (χ0v) is 10.2. The lowest BCUT2D eigenvalue weighted by Crippen LogP contribution is -1.96. The maximum atomic E-state index is 8.07. The van der Waals surface area contributed by atoms with Gasteiger partial charge in [0.05, 0.1) is 26.1 Å². The number of hydrogen-bond donors (Lipinski definition) is 1. The monoisotopic (exact) mass is 218 g/mol. The summed E-state index contributed by atoms with van der Waals surface area (Å²) in [6, 6.07) is 0. The molecule has 0 saturated heterocycles. The maximum absolute atomic E-state index is 8.07. The van der Waals surface area contributed by atoms with E-state index in [0.29, 0.717) is 13.2 Å². The van der Waals surface area contributed by atoms with E-state index in [0.717, 1.165) is 6.61 Å². The van der Waals surface area contributed by atoms with Crippen molar-refractivity contribution >= 4 is 0 Å². The molecule has 0 bridgehead atoms. The highest BCUT2D eigenvalue weighted by Crippen LogP contribution is 1.98. The van der Waals surface area contributed by atoms with E-state index in [1.54, 1.807) is 0 Å². The van der Waals surface area contributed by atoms with E-state index in [4.69, 9.17) is 14.6 Å². The summed E-state index contributed by atoms with van der Waals surface area (Å²) in [5.74, 6) is 0.